The number of pyridine rings is 1. The van der Waals surface area contributed by atoms with Crippen LogP contribution in [0.4, 0.5) is 13.2 Å². The molecular weight excluding hydrogens is 373 g/mol. The first-order chi connectivity index (χ1) is 13.3. The summed E-state index contributed by atoms with van der Waals surface area (Å²) < 4.78 is 42.6. The zero-order valence-corrected chi connectivity index (χ0v) is 15.0. The van der Waals surface area contributed by atoms with Gasteiger partial charge in [-0.3, -0.25) is 9.69 Å². The van der Waals surface area contributed by atoms with Gasteiger partial charge in [-0.25, -0.2) is 4.98 Å². The molecule has 1 aliphatic carbocycles. The molecule has 0 unspecified atom stereocenters. The normalized spacial score (nSPS) is 18.2. The van der Waals surface area contributed by atoms with Gasteiger partial charge in [0.15, 0.2) is 11.5 Å². The Labute approximate surface area is 159 Å². The van der Waals surface area contributed by atoms with Gasteiger partial charge in [-0.1, -0.05) is 17.3 Å². The molecule has 148 valence electrons. The SMILES string of the molecule is NC(=O)c1nc(C2=CCN(Cc3cc(C(F)(F)F)no3)CC2)ccc1C1CC1. The van der Waals surface area contributed by atoms with Gasteiger partial charge >= 0.3 is 6.18 Å². The third-order valence-corrected chi connectivity index (χ3v) is 5.03. The van der Waals surface area contributed by atoms with Crippen LogP contribution < -0.4 is 5.73 Å². The number of amides is 1. The van der Waals surface area contributed by atoms with Crippen molar-refractivity contribution in [2.24, 2.45) is 5.73 Å². The first-order valence-corrected chi connectivity index (χ1v) is 9.06. The fourth-order valence-electron chi connectivity index (χ4n) is 3.40. The minimum atomic E-state index is -4.51. The second-order valence-electron chi connectivity index (χ2n) is 7.16. The van der Waals surface area contributed by atoms with Crippen LogP contribution in [-0.2, 0) is 12.7 Å². The molecule has 2 N–H and O–H groups in total. The van der Waals surface area contributed by atoms with Crippen molar-refractivity contribution in [1.29, 1.82) is 0 Å². The Morgan fingerprint density at radius 2 is 2.11 bits per heavy atom. The van der Waals surface area contributed by atoms with Crippen molar-refractivity contribution in [3.8, 4) is 0 Å². The second kappa shape index (κ2) is 7.05. The van der Waals surface area contributed by atoms with Crippen LogP contribution in [0.3, 0.4) is 0 Å². The predicted octanol–water partition coefficient (Wildman–Crippen LogP) is 3.35. The van der Waals surface area contributed by atoms with Gasteiger partial charge in [-0.15, -0.1) is 0 Å². The zero-order chi connectivity index (χ0) is 19.9. The molecule has 2 aromatic heterocycles. The maximum Gasteiger partial charge on any atom is 0.436 e. The minimum Gasteiger partial charge on any atom is -0.364 e. The molecule has 1 amide bonds. The van der Waals surface area contributed by atoms with Gasteiger partial charge in [0.05, 0.1) is 12.2 Å². The molecule has 1 aliphatic heterocycles. The quantitative estimate of drug-likeness (QED) is 0.843. The van der Waals surface area contributed by atoms with Crippen molar-refractivity contribution in [2.45, 2.75) is 37.9 Å². The van der Waals surface area contributed by atoms with Crippen LogP contribution in [-0.4, -0.2) is 34.0 Å². The number of nitrogens with two attached hydrogens (primary N) is 1. The summed E-state index contributed by atoms with van der Waals surface area (Å²) in [6, 6.07) is 4.77. The monoisotopic (exact) mass is 392 g/mol. The highest BCUT2D eigenvalue weighted by molar-refractivity contribution is 5.93. The summed E-state index contributed by atoms with van der Waals surface area (Å²) in [5.74, 6) is 0.0306. The molecular formula is C19H19F3N4O2. The van der Waals surface area contributed by atoms with Crippen molar-refractivity contribution in [3.05, 3.63) is 52.7 Å². The van der Waals surface area contributed by atoms with E-state index in [1.165, 1.54) is 0 Å². The van der Waals surface area contributed by atoms with Crippen LogP contribution in [0.15, 0.2) is 28.8 Å². The van der Waals surface area contributed by atoms with Gasteiger partial charge in [-0.2, -0.15) is 13.2 Å². The minimum absolute atomic E-state index is 0.173. The molecule has 3 heterocycles. The maximum atomic E-state index is 12.6. The van der Waals surface area contributed by atoms with E-state index in [-0.39, 0.29) is 12.3 Å². The first kappa shape index (κ1) is 18.7. The van der Waals surface area contributed by atoms with Crippen molar-refractivity contribution < 1.29 is 22.5 Å². The average Bonchev–Trinajstić information content (AvgIpc) is 3.39. The highest BCUT2D eigenvalue weighted by Crippen LogP contribution is 2.41. The van der Waals surface area contributed by atoms with Crippen molar-refractivity contribution in [3.63, 3.8) is 0 Å². The van der Waals surface area contributed by atoms with Gasteiger partial charge in [0, 0.05) is 19.2 Å². The van der Waals surface area contributed by atoms with Crippen LogP contribution in [0.2, 0.25) is 0 Å². The van der Waals surface area contributed by atoms with E-state index in [1.54, 1.807) is 0 Å². The Kier molecular flexibility index (Phi) is 4.70. The second-order valence-corrected chi connectivity index (χ2v) is 7.16. The van der Waals surface area contributed by atoms with Gasteiger partial charge in [0.2, 0.25) is 0 Å². The lowest BCUT2D eigenvalue weighted by Crippen LogP contribution is -2.28. The summed E-state index contributed by atoms with van der Waals surface area (Å²) in [5.41, 5.74) is 7.44. The van der Waals surface area contributed by atoms with E-state index < -0.39 is 17.8 Å². The number of rotatable bonds is 5. The first-order valence-electron chi connectivity index (χ1n) is 9.06. The van der Waals surface area contributed by atoms with Crippen LogP contribution in [0.25, 0.3) is 5.57 Å². The molecule has 0 saturated heterocycles. The number of hydrogen-bond acceptors (Lipinski definition) is 5. The third-order valence-electron chi connectivity index (χ3n) is 5.03. The molecule has 0 spiro atoms. The number of carbonyl (C=O) groups is 1. The summed E-state index contributed by atoms with van der Waals surface area (Å²) >= 11 is 0. The van der Waals surface area contributed by atoms with Gasteiger partial charge in [0.25, 0.3) is 5.91 Å². The Morgan fingerprint density at radius 3 is 2.68 bits per heavy atom. The molecule has 1 fully saturated rings. The van der Waals surface area contributed by atoms with Crippen LogP contribution in [0, 0.1) is 0 Å². The largest absolute Gasteiger partial charge is 0.436 e. The Hall–Kier alpha value is -2.68. The van der Waals surface area contributed by atoms with Crippen LogP contribution in [0.5, 0.6) is 0 Å². The van der Waals surface area contributed by atoms with E-state index in [9.17, 15) is 18.0 Å². The molecule has 2 aliphatic rings. The number of aromatic nitrogens is 2. The van der Waals surface area contributed by atoms with E-state index in [2.05, 4.69) is 10.1 Å². The third kappa shape index (κ3) is 3.94. The van der Waals surface area contributed by atoms with Crippen LogP contribution >= 0.6 is 0 Å². The van der Waals surface area contributed by atoms with E-state index in [0.717, 1.165) is 35.7 Å². The highest BCUT2D eigenvalue weighted by Gasteiger charge is 2.35. The zero-order valence-electron chi connectivity index (χ0n) is 15.0. The topological polar surface area (TPSA) is 85.3 Å². The summed E-state index contributed by atoms with van der Waals surface area (Å²) in [7, 11) is 0. The summed E-state index contributed by atoms with van der Waals surface area (Å²) in [6.07, 6.45) is 0.225. The maximum absolute atomic E-state index is 12.6. The van der Waals surface area contributed by atoms with Crippen LogP contribution in [0.1, 0.15) is 58.4 Å². The van der Waals surface area contributed by atoms with Crippen molar-refractivity contribution >= 4 is 11.5 Å². The molecule has 2 aromatic rings. The van der Waals surface area contributed by atoms with E-state index in [4.69, 9.17) is 10.3 Å². The number of carbonyl (C=O) groups excluding carboxylic acids is 1. The molecule has 9 heteroatoms. The number of halogens is 3. The number of hydrogen-bond donors (Lipinski definition) is 1. The van der Waals surface area contributed by atoms with Gasteiger partial charge < -0.3 is 10.3 Å². The molecule has 0 aromatic carbocycles. The number of nitrogens with zero attached hydrogens (tertiary/aromatic N) is 3. The van der Waals surface area contributed by atoms with Gasteiger partial charge in [0.1, 0.15) is 5.69 Å². The van der Waals surface area contributed by atoms with E-state index in [1.807, 2.05) is 23.1 Å². The smallest absolute Gasteiger partial charge is 0.364 e. The Balaban J connectivity index is 1.45. The van der Waals surface area contributed by atoms with Crippen molar-refractivity contribution in [2.75, 3.05) is 13.1 Å². The lowest BCUT2D eigenvalue weighted by molar-refractivity contribution is -0.142. The van der Waals surface area contributed by atoms with E-state index >= 15 is 0 Å². The highest BCUT2D eigenvalue weighted by atomic mass is 19.4. The lowest BCUT2D eigenvalue weighted by Gasteiger charge is -2.25. The van der Waals surface area contributed by atoms with Crippen molar-refractivity contribution in [1.82, 2.24) is 15.0 Å². The fraction of sp³-hybridized carbons (Fsp3) is 0.421. The fourth-order valence-corrected chi connectivity index (χ4v) is 3.40. The number of alkyl halides is 3. The summed E-state index contributed by atoms with van der Waals surface area (Å²) in [6.45, 7) is 1.41. The molecule has 4 rings (SSSR count). The number of primary amides is 1. The predicted molar refractivity (Wildman–Crippen MR) is 94.1 cm³/mol. The average molecular weight is 392 g/mol. The summed E-state index contributed by atoms with van der Waals surface area (Å²) in [4.78, 5) is 18.2. The Bertz CT molecular complexity index is 932. The molecule has 28 heavy (non-hydrogen) atoms. The standard InChI is InChI=1S/C19H19F3N4O2/c20-19(21,22)16-9-13(28-25-16)10-26-7-5-12(6-8-26)15-4-3-14(11-1-2-11)17(24-15)18(23)27/h3-5,9,11H,1-2,6-8,10H2,(H2,23,27). The molecule has 6 nitrogen and oxygen atoms in total. The summed E-state index contributed by atoms with van der Waals surface area (Å²) in [5, 5.41) is 3.07. The van der Waals surface area contributed by atoms with E-state index in [0.29, 0.717) is 31.1 Å². The van der Waals surface area contributed by atoms with Gasteiger partial charge in [-0.05, 0) is 42.4 Å². The molecule has 0 radical (unpaired) electrons. The molecule has 1 saturated carbocycles. The molecule has 0 bridgehead atoms. The lowest BCUT2D eigenvalue weighted by atomic mass is 10.0. The Morgan fingerprint density at radius 1 is 1.32 bits per heavy atom. The molecule has 0 atom stereocenters.